The average Bonchev–Trinajstić information content (AvgIpc) is 2.75. The Kier molecular flexibility index (Phi) is 3.27. The molecule has 0 heterocycles. The van der Waals surface area contributed by atoms with Crippen LogP contribution in [-0.4, -0.2) is 13.1 Å². The molecule has 1 fully saturated rings. The average molecular weight is 193 g/mol. The van der Waals surface area contributed by atoms with Crippen molar-refractivity contribution in [2.45, 2.75) is 45.1 Å². The van der Waals surface area contributed by atoms with Gasteiger partial charge in [-0.15, -0.1) is 0 Å². The first kappa shape index (κ1) is 10.2. The number of hydrogen-bond donors (Lipinski definition) is 1. The molecule has 1 nitrogen and oxygen atoms in total. The SMILES string of the molecule is CN[C@H](C)CC1[C@H]2CC/C=C\CC[C@@H]12. The van der Waals surface area contributed by atoms with Gasteiger partial charge in [-0.3, -0.25) is 0 Å². The predicted octanol–water partition coefficient (Wildman–Crippen LogP) is 2.98. The molecule has 4 atom stereocenters. The third-order valence-electron chi connectivity index (χ3n) is 4.13. The van der Waals surface area contributed by atoms with Crippen molar-refractivity contribution in [2.24, 2.45) is 17.8 Å². The van der Waals surface area contributed by atoms with E-state index in [2.05, 4.69) is 31.4 Å². The second kappa shape index (κ2) is 4.48. The fourth-order valence-corrected chi connectivity index (χ4v) is 3.07. The van der Waals surface area contributed by atoms with Crippen LogP contribution in [0.5, 0.6) is 0 Å². The minimum Gasteiger partial charge on any atom is -0.317 e. The Balaban J connectivity index is 1.81. The van der Waals surface area contributed by atoms with E-state index < -0.39 is 0 Å². The second-order valence-electron chi connectivity index (χ2n) is 5.04. The van der Waals surface area contributed by atoms with E-state index >= 15 is 0 Å². The highest BCUT2D eigenvalue weighted by atomic mass is 14.9. The zero-order valence-corrected chi connectivity index (χ0v) is 9.50. The number of fused-ring (bicyclic) bond motifs is 1. The Bertz CT molecular complexity index is 193. The highest BCUT2D eigenvalue weighted by Crippen LogP contribution is 2.54. The normalized spacial score (nSPS) is 40.6. The van der Waals surface area contributed by atoms with Crippen LogP contribution in [0.4, 0.5) is 0 Å². The van der Waals surface area contributed by atoms with Crippen molar-refractivity contribution in [3.8, 4) is 0 Å². The van der Waals surface area contributed by atoms with Crippen LogP contribution in [0, 0.1) is 17.8 Å². The van der Waals surface area contributed by atoms with Gasteiger partial charge in [0.25, 0.3) is 0 Å². The van der Waals surface area contributed by atoms with E-state index in [0.29, 0.717) is 6.04 Å². The Morgan fingerprint density at radius 3 is 2.29 bits per heavy atom. The van der Waals surface area contributed by atoms with E-state index in [1.54, 1.807) is 0 Å². The first-order valence-corrected chi connectivity index (χ1v) is 6.15. The van der Waals surface area contributed by atoms with Crippen LogP contribution in [0.25, 0.3) is 0 Å². The van der Waals surface area contributed by atoms with Gasteiger partial charge in [-0.1, -0.05) is 12.2 Å². The summed E-state index contributed by atoms with van der Waals surface area (Å²) in [6.45, 7) is 2.31. The molecule has 0 saturated heterocycles. The fourth-order valence-electron chi connectivity index (χ4n) is 3.07. The number of rotatable bonds is 3. The zero-order chi connectivity index (χ0) is 9.97. The van der Waals surface area contributed by atoms with Gasteiger partial charge in [-0.05, 0) is 63.8 Å². The molecule has 0 radical (unpaired) electrons. The number of hydrogen-bond acceptors (Lipinski definition) is 1. The molecule has 0 aromatic heterocycles. The smallest absolute Gasteiger partial charge is 0.00385 e. The zero-order valence-electron chi connectivity index (χ0n) is 9.50. The maximum Gasteiger partial charge on any atom is 0.00385 e. The molecular formula is C13H23N. The number of allylic oxidation sites excluding steroid dienone is 2. The standard InChI is InChI=1S/C13H23N/c1-10(14-2)9-13-11-7-5-3-4-6-8-12(11)13/h3-4,10-14H,5-9H2,1-2H3/b4-3-/t10-,11-,12+,13?/m1/s1. The molecule has 1 N–H and O–H groups in total. The molecule has 1 heteroatoms. The molecule has 2 aliphatic rings. The van der Waals surface area contributed by atoms with E-state index in [-0.39, 0.29) is 0 Å². The molecule has 2 aliphatic carbocycles. The Morgan fingerprint density at radius 2 is 1.79 bits per heavy atom. The Morgan fingerprint density at radius 1 is 1.21 bits per heavy atom. The van der Waals surface area contributed by atoms with Crippen molar-refractivity contribution in [1.82, 2.24) is 5.32 Å². The fraction of sp³-hybridized carbons (Fsp3) is 0.846. The first-order valence-electron chi connectivity index (χ1n) is 6.15. The molecule has 80 valence electrons. The van der Waals surface area contributed by atoms with Crippen LogP contribution >= 0.6 is 0 Å². The maximum atomic E-state index is 3.36. The summed E-state index contributed by atoms with van der Waals surface area (Å²) >= 11 is 0. The van der Waals surface area contributed by atoms with Gasteiger partial charge in [-0.25, -0.2) is 0 Å². The van der Waals surface area contributed by atoms with Gasteiger partial charge in [0.2, 0.25) is 0 Å². The van der Waals surface area contributed by atoms with Crippen LogP contribution < -0.4 is 5.32 Å². The Hall–Kier alpha value is -0.300. The highest BCUT2D eigenvalue weighted by molar-refractivity contribution is 5.02. The molecule has 0 amide bonds. The topological polar surface area (TPSA) is 12.0 Å². The van der Waals surface area contributed by atoms with Crippen molar-refractivity contribution in [2.75, 3.05) is 7.05 Å². The van der Waals surface area contributed by atoms with Gasteiger partial charge in [0.1, 0.15) is 0 Å². The van der Waals surface area contributed by atoms with Crippen molar-refractivity contribution < 1.29 is 0 Å². The van der Waals surface area contributed by atoms with Gasteiger partial charge in [-0.2, -0.15) is 0 Å². The summed E-state index contributed by atoms with van der Waals surface area (Å²) in [7, 11) is 2.08. The molecule has 0 bridgehead atoms. The summed E-state index contributed by atoms with van der Waals surface area (Å²) in [5.41, 5.74) is 0. The largest absolute Gasteiger partial charge is 0.317 e. The van der Waals surface area contributed by atoms with Crippen LogP contribution in [0.2, 0.25) is 0 Å². The lowest BCUT2D eigenvalue weighted by Crippen LogP contribution is -2.21. The molecule has 14 heavy (non-hydrogen) atoms. The number of nitrogens with one attached hydrogen (secondary N) is 1. The van der Waals surface area contributed by atoms with E-state index in [9.17, 15) is 0 Å². The summed E-state index contributed by atoms with van der Waals surface area (Å²) in [6.07, 6.45) is 11.7. The van der Waals surface area contributed by atoms with Crippen molar-refractivity contribution in [3.63, 3.8) is 0 Å². The van der Waals surface area contributed by atoms with Crippen LogP contribution in [0.15, 0.2) is 12.2 Å². The molecule has 0 aromatic rings. The first-order chi connectivity index (χ1) is 6.83. The van der Waals surface area contributed by atoms with Gasteiger partial charge < -0.3 is 5.32 Å². The highest BCUT2D eigenvalue weighted by Gasteiger charge is 2.48. The predicted molar refractivity (Wildman–Crippen MR) is 61.2 cm³/mol. The van der Waals surface area contributed by atoms with E-state index in [1.807, 2.05) is 0 Å². The van der Waals surface area contributed by atoms with E-state index in [0.717, 1.165) is 17.8 Å². The minimum atomic E-state index is 0.709. The van der Waals surface area contributed by atoms with Crippen LogP contribution in [-0.2, 0) is 0 Å². The lowest BCUT2D eigenvalue weighted by Gasteiger charge is -2.08. The molecule has 0 aliphatic heterocycles. The van der Waals surface area contributed by atoms with E-state index in [1.165, 1.54) is 32.1 Å². The lowest BCUT2D eigenvalue weighted by molar-refractivity contribution is 0.491. The molecule has 1 unspecified atom stereocenters. The summed E-state index contributed by atoms with van der Waals surface area (Å²) in [5.74, 6) is 3.17. The summed E-state index contributed by atoms with van der Waals surface area (Å²) in [5, 5.41) is 3.36. The molecule has 1 saturated carbocycles. The molecular weight excluding hydrogens is 170 g/mol. The monoisotopic (exact) mass is 193 g/mol. The van der Waals surface area contributed by atoms with E-state index in [4.69, 9.17) is 0 Å². The van der Waals surface area contributed by atoms with Gasteiger partial charge in [0.15, 0.2) is 0 Å². The van der Waals surface area contributed by atoms with Crippen molar-refractivity contribution in [3.05, 3.63) is 12.2 Å². The third-order valence-corrected chi connectivity index (χ3v) is 4.13. The summed E-state index contributed by atoms with van der Waals surface area (Å²) < 4.78 is 0. The van der Waals surface area contributed by atoms with Crippen LogP contribution in [0.1, 0.15) is 39.0 Å². The van der Waals surface area contributed by atoms with Gasteiger partial charge in [0.05, 0.1) is 0 Å². The third kappa shape index (κ3) is 2.20. The van der Waals surface area contributed by atoms with Crippen molar-refractivity contribution >= 4 is 0 Å². The Labute approximate surface area is 88.0 Å². The quantitative estimate of drug-likeness (QED) is 0.679. The molecule has 0 aromatic carbocycles. The molecule has 0 spiro atoms. The van der Waals surface area contributed by atoms with Gasteiger partial charge >= 0.3 is 0 Å². The second-order valence-corrected chi connectivity index (χ2v) is 5.04. The van der Waals surface area contributed by atoms with Crippen LogP contribution in [0.3, 0.4) is 0 Å². The van der Waals surface area contributed by atoms with Gasteiger partial charge in [0, 0.05) is 6.04 Å². The lowest BCUT2D eigenvalue weighted by atomic mass is 10.1. The molecule has 2 rings (SSSR count). The maximum absolute atomic E-state index is 3.36. The summed E-state index contributed by atoms with van der Waals surface area (Å²) in [4.78, 5) is 0. The van der Waals surface area contributed by atoms with Crippen molar-refractivity contribution in [1.29, 1.82) is 0 Å². The minimum absolute atomic E-state index is 0.709. The summed E-state index contributed by atoms with van der Waals surface area (Å²) in [6, 6.07) is 0.709.